The lowest BCUT2D eigenvalue weighted by Gasteiger charge is -2.32. The van der Waals surface area contributed by atoms with Crippen molar-refractivity contribution in [3.8, 4) is 0 Å². The van der Waals surface area contributed by atoms with Gasteiger partial charge in [-0.05, 0) is 51.4 Å². The Bertz CT molecular complexity index is 614. The van der Waals surface area contributed by atoms with E-state index in [4.69, 9.17) is 14.0 Å². The van der Waals surface area contributed by atoms with Crippen LogP contribution < -0.4 is 0 Å². The van der Waals surface area contributed by atoms with Crippen molar-refractivity contribution in [2.45, 2.75) is 38.9 Å². The van der Waals surface area contributed by atoms with E-state index < -0.39 is 24.3 Å². The second-order valence-corrected chi connectivity index (χ2v) is 6.72. The van der Waals surface area contributed by atoms with Crippen LogP contribution in [-0.2, 0) is 14.0 Å². The third-order valence-electron chi connectivity index (χ3n) is 4.24. The lowest BCUT2D eigenvalue weighted by atomic mass is 9.78. The number of rotatable bonds is 4. The lowest BCUT2D eigenvalue weighted by Crippen LogP contribution is -2.41. The zero-order valence-corrected chi connectivity index (χ0v) is 15.0. The van der Waals surface area contributed by atoms with Crippen molar-refractivity contribution in [2.24, 2.45) is 0 Å². The van der Waals surface area contributed by atoms with Gasteiger partial charge in [-0.2, -0.15) is 12.6 Å². The van der Waals surface area contributed by atoms with E-state index in [2.05, 4.69) is 17.6 Å². The van der Waals surface area contributed by atoms with Gasteiger partial charge in [0.15, 0.2) is 0 Å². The van der Waals surface area contributed by atoms with Gasteiger partial charge in [0, 0.05) is 5.75 Å². The summed E-state index contributed by atoms with van der Waals surface area (Å²) in [5, 5.41) is 0. The molecule has 0 aromatic carbocycles. The molecule has 2 rings (SSSR count). The van der Waals surface area contributed by atoms with E-state index in [1.54, 1.807) is 18.2 Å². The van der Waals surface area contributed by atoms with Crippen molar-refractivity contribution in [3.63, 3.8) is 0 Å². The number of aromatic nitrogens is 1. The summed E-state index contributed by atoms with van der Waals surface area (Å²) < 4.78 is 16.7. The molecular weight excluding hydrogens is 313 g/mol. The standard InChI is InChI=1S/C16H22BNO4S/c1-15(2)16(3,4)22-17(21-15)11(10-23)9-12-7-6-8-13(18-12)14(19)20-5/h6-9,23H,10H2,1-5H3. The average molecular weight is 335 g/mol. The zero-order chi connectivity index (χ0) is 17.3. The monoisotopic (exact) mass is 335 g/mol. The number of nitrogens with zero attached hydrogens (tertiary/aromatic N) is 1. The molecule has 0 aliphatic carbocycles. The summed E-state index contributed by atoms with van der Waals surface area (Å²) >= 11 is 4.37. The Balaban J connectivity index is 2.28. The molecule has 7 heteroatoms. The minimum Gasteiger partial charge on any atom is -0.464 e. The third-order valence-corrected chi connectivity index (χ3v) is 4.60. The number of thiol groups is 1. The fourth-order valence-electron chi connectivity index (χ4n) is 2.12. The van der Waals surface area contributed by atoms with Crippen LogP contribution in [0.3, 0.4) is 0 Å². The Labute approximate surface area is 143 Å². The van der Waals surface area contributed by atoms with Gasteiger partial charge in [-0.25, -0.2) is 9.78 Å². The molecule has 5 nitrogen and oxygen atoms in total. The van der Waals surface area contributed by atoms with Crippen molar-refractivity contribution in [3.05, 3.63) is 35.1 Å². The first-order valence-electron chi connectivity index (χ1n) is 7.42. The van der Waals surface area contributed by atoms with Crippen molar-refractivity contribution >= 4 is 31.8 Å². The maximum absolute atomic E-state index is 11.6. The Morgan fingerprint density at radius 3 is 2.43 bits per heavy atom. The maximum Gasteiger partial charge on any atom is 0.491 e. The van der Waals surface area contributed by atoms with E-state index in [9.17, 15) is 4.79 Å². The van der Waals surface area contributed by atoms with Gasteiger partial charge in [-0.15, -0.1) is 0 Å². The Kier molecular flexibility index (Phi) is 5.23. The number of ether oxygens (including phenoxy) is 1. The van der Waals surface area contributed by atoms with Gasteiger partial charge in [0.05, 0.1) is 24.0 Å². The fourth-order valence-corrected chi connectivity index (χ4v) is 2.36. The Morgan fingerprint density at radius 1 is 1.30 bits per heavy atom. The van der Waals surface area contributed by atoms with Gasteiger partial charge in [0.2, 0.25) is 0 Å². The summed E-state index contributed by atoms with van der Waals surface area (Å²) in [6.45, 7) is 8.00. The minimum atomic E-state index is -0.485. The van der Waals surface area contributed by atoms with E-state index in [0.29, 0.717) is 11.4 Å². The number of carbonyl (C=O) groups is 1. The second-order valence-electron chi connectivity index (χ2n) is 6.40. The summed E-state index contributed by atoms with van der Waals surface area (Å²) in [6.07, 6.45) is 1.83. The number of esters is 1. The highest BCUT2D eigenvalue weighted by atomic mass is 32.1. The summed E-state index contributed by atoms with van der Waals surface area (Å²) in [6, 6.07) is 5.17. The van der Waals surface area contributed by atoms with E-state index in [1.165, 1.54) is 7.11 Å². The molecule has 23 heavy (non-hydrogen) atoms. The number of pyridine rings is 1. The normalized spacial score (nSPS) is 19.7. The molecule has 0 bridgehead atoms. The number of methoxy groups -OCH3 is 1. The first-order valence-corrected chi connectivity index (χ1v) is 8.06. The Hall–Kier alpha value is -1.31. The molecule has 1 aliphatic heterocycles. The smallest absolute Gasteiger partial charge is 0.464 e. The van der Waals surface area contributed by atoms with Crippen LogP contribution in [0.1, 0.15) is 43.9 Å². The quantitative estimate of drug-likeness (QED) is 0.521. The molecule has 124 valence electrons. The second kappa shape index (κ2) is 6.67. The summed E-state index contributed by atoms with van der Waals surface area (Å²) in [5.41, 5.74) is 0.906. The molecule has 1 aromatic rings. The molecule has 0 radical (unpaired) electrons. The first kappa shape index (κ1) is 18.0. The Morgan fingerprint density at radius 2 is 1.91 bits per heavy atom. The average Bonchev–Trinajstić information content (AvgIpc) is 2.72. The fraction of sp³-hybridized carbons (Fsp3) is 0.500. The molecule has 2 heterocycles. The largest absolute Gasteiger partial charge is 0.491 e. The van der Waals surface area contributed by atoms with Crippen LogP contribution in [0.4, 0.5) is 0 Å². The SMILES string of the molecule is COC(=O)c1cccc(C=C(CS)B2OC(C)(C)C(C)(C)O2)n1. The number of hydrogen-bond acceptors (Lipinski definition) is 6. The topological polar surface area (TPSA) is 57.7 Å². The predicted octanol–water partition coefficient (Wildman–Crippen LogP) is 2.81. The molecule has 0 amide bonds. The van der Waals surface area contributed by atoms with Crippen molar-refractivity contribution in [2.75, 3.05) is 12.9 Å². The highest BCUT2D eigenvalue weighted by molar-refractivity contribution is 7.80. The molecule has 0 unspecified atom stereocenters. The van der Waals surface area contributed by atoms with Gasteiger partial charge in [0.25, 0.3) is 0 Å². The molecule has 1 aliphatic rings. The molecule has 0 saturated carbocycles. The molecule has 0 spiro atoms. The number of carbonyl (C=O) groups excluding carboxylic acids is 1. The molecule has 1 aromatic heterocycles. The van der Waals surface area contributed by atoms with Gasteiger partial charge >= 0.3 is 13.1 Å². The van der Waals surface area contributed by atoms with Gasteiger partial charge < -0.3 is 14.0 Å². The van der Waals surface area contributed by atoms with Crippen molar-refractivity contribution < 1.29 is 18.8 Å². The van der Waals surface area contributed by atoms with Crippen LogP contribution >= 0.6 is 12.6 Å². The molecule has 0 atom stereocenters. The van der Waals surface area contributed by atoms with Crippen LogP contribution in [0.2, 0.25) is 0 Å². The van der Waals surface area contributed by atoms with Crippen LogP contribution in [0.15, 0.2) is 23.7 Å². The summed E-state index contributed by atoms with van der Waals surface area (Å²) in [7, 11) is 0.844. The van der Waals surface area contributed by atoms with Crippen molar-refractivity contribution in [1.29, 1.82) is 0 Å². The molecule has 1 saturated heterocycles. The van der Waals surface area contributed by atoms with Crippen LogP contribution in [0, 0.1) is 0 Å². The van der Waals surface area contributed by atoms with Gasteiger partial charge in [0.1, 0.15) is 5.69 Å². The van der Waals surface area contributed by atoms with Crippen LogP contribution in [0.5, 0.6) is 0 Å². The minimum absolute atomic E-state index is 0.258. The lowest BCUT2D eigenvalue weighted by molar-refractivity contribution is 0.00578. The highest BCUT2D eigenvalue weighted by Gasteiger charge is 2.52. The van der Waals surface area contributed by atoms with E-state index in [1.807, 2.05) is 33.8 Å². The van der Waals surface area contributed by atoms with E-state index in [0.717, 1.165) is 5.47 Å². The summed E-state index contributed by atoms with van der Waals surface area (Å²) in [4.78, 5) is 15.9. The first-order chi connectivity index (χ1) is 10.7. The van der Waals surface area contributed by atoms with Crippen LogP contribution in [0.25, 0.3) is 6.08 Å². The van der Waals surface area contributed by atoms with Crippen molar-refractivity contribution in [1.82, 2.24) is 4.98 Å². The molecule has 0 N–H and O–H groups in total. The third kappa shape index (κ3) is 3.79. The summed E-state index contributed by atoms with van der Waals surface area (Å²) in [5.74, 6) is -0.00988. The van der Waals surface area contributed by atoms with E-state index >= 15 is 0 Å². The maximum atomic E-state index is 11.6. The number of hydrogen-bond donors (Lipinski definition) is 1. The molecule has 1 fully saturated rings. The molecular formula is C16H22BNO4S. The van der Waals surface area contributed by atoms with E-state index in [-0.39, 0.29) is 5.69 Å². The zero-order valence-electron chi connectivity index (χ0n) is 14.1. The highest BCUT2D eigenvalue weighted by Crippen LogP contribution is 2.38. The van der Waals surface area contributed by atoms with Crippen LogP contribution in [-0.4, -0.2) is 42.1 Å². The van der Waals surface area contributed by atoms with Gasteiger partial charge in [-0.1, -0.05) is 6.07 Å². The predicted molar refractivity (Wildman–Crippen MR) is 93.5 cm³/mol. The van der Waals surface area contributed by atoms with Gasteiger partial charge in [-0.3, -0.25) is 0 Å².